The molecule has 0 saturated carbocycles. The number of hydrogen-bond donors (Lipinski definition) is 2. The van der Waals surface area contributed by atoms with Crippen molar-refractivity contribution in [2.45, 2.75) is 0 Å². The number of benzene rings is 2. The van der Waals surface area contributed by atoms with Crippen LogP contribution in [0.15, 0.2) is 53.9 Å². The number of halogens is 2. The van der Waals surface area contributed by atoms with E-state index >= 15 is 0 Å². The molecule has 0 spiro atoms. The third kappa shape index (κ3) is 4.43. The summed E-state index contributed by atoms with van der Waals surface area (Å²) in [4.78, 5) is 16.4. The maximum atomic E-state index is 12.0. The molecule has 0 aliphatic rings. The average Bonchev–Trinajstić information content (AvgIpc) is 2.98. The standard InChI is InChI=1S/C16H11ClIN3OS/c17-11-3-7-13(8-4-11)19-15(22)21-16-20-14(9-23-16)10-1-5-12(18)6-2-10/h1-9H,(H2,19,20,21,22). The predicted octanol–water partition coefficient (Wildman–Crippen LogP) is 5.71. The Labute approximate surface area is 156 Å². The summed E-state index contributed by atoms with van der Waals surface area (Å²) in [5, 5.41) is 8.55. The van der Waals surface area contributed by atoms with Crippen LogP contribution in [-0.2, 0) is 0 Å². The van der Waals surface area contributed by atoms with Crippen molar-refractivity contribution >= 4 is 62.4 Å². The summed E-state index contributed by atoms with van der Waals surface area (Å²) in [6, 6.07) is 14.6. The van der Waals surface area contributed by atoms with Gasteiger partial charge in [0.05, 0.1) is 5.69 Å². The molecule has 3 aromatic rings. The molecule has 0 bridgehead atoms. The summed E-state index contributed by atoms with van der Waals surface area (Å²) in [6.07, 6.45) is 0. The summed E-state index contributed by atoms with van der Waals surface area (Å²) in [5.41, 5.74) is 2.53. The SMILES string of the molecule is O=C(Nc1ccc(Cl)cc1)Nc1nc(-c2ccc(I)cc2)cs1. The number of carbonyl (C=O) groups is 1. The van der Waals surface area contributed by atoms with Gasteiger partial charge >= 0.3 is 6.03 Å². The fraction of sp³-hybridized carbons (Fsp3) is 0. The Bertz CT molecular complexity index is 818. The van der Waals surface area contributed by atoms with Gasteiger partial charge in [-0.15, -0.1) is 11.3 Å². The van der Waals surface area contributed by atoms with Gasteiger partial charge in [-0.25, -0.2) is 9.78 Å². The summed E-state index contributed by atoms with van der Waals surface area (Å²) in [7, 11) is 0. The molecule has 0 aliphatic heterocycles. The summed E-state index contributed by atoms with van der Waals surface area (Å²) >= 11 is 9.45. The second-order valence-electron chi connectivity index (χ2n) is 4.63. The van der Waals surface area contributed by atoms with E-state index in [1.807, 2.05) is 29.6 Å². The van der Waals surface area contributed by atoms with Crippen molar-refractivity contribution in [3.05, 3.63) is 62.5 Å². The van der Waals surface area contributed by atoms with Crippen LogP contribution in [0.1, 0.15) is 0 Å². The van der Waals surface area contributed by atoms with Crippen LogP contribution in [0.4, 0.5) is 15.6 Å². The van der Waals surface area contributed by atoms with Gasteiger partial charge in [-0.1, -0.05) is 23.7 Å². The lowest BCUT2D eigenvalue weighted by atomic mass is 10.2. The monoisotopic (exact) mass is 455 g/mol. The molecule has 0 fully saturated rings. The van der Waals surface area contributed by atoms with Crippen LogP contribution in [0.25, 0.3) is 11.3 Å². The van der Waals surface area contributed by atoms with Gasteiger partial charge in [0, 0.05) is 25.2 Å². The van der Waals surface area contributed by atoms with E-state index in [9.17, 15) is 4.79 Å². The van der Waals surface area contributed by atoms with Gasteiger partial charge in [0.25, 0.3) is 0 Å². The molecule has 3 rings (SSSR count). The molecule has 0 unspecified atom stereocenters. The van der Waals surface area contributed by atoms with E-state index in [0.717, 1.165) is 11.3 Å². The van der Waals surface area contributed by atoms with Crippen molar-refractivity contribution in [1.82, 2.24) is 4.98 Å². The van der Waals surface area contributed by atoms with Crippen molar-refractivity contribution in [3.8, 4) is 11.3 Å². The van der Waals surface area contributed by atoms with Gasteiger partial charge in [0.1, 0.15) is 0 Å². The number of amides is 2. The largest absolute Gasteiger partial charge is 0.325 e. The zero-order chi connectivity index (χ0) is 16.2. The number of nitrogens with zero attached hydrogens (tertiary/aromatic N) is 1. The Kier molecular flexibility index (Phi) is 5.14. The highest BCUT2D eigenvalue weighted by molar-refractivity contribution is 14.1. The lowest BCUT2D eigenvalue weighted by Gasteiger charge is -2.05. The highest BCUT2D eigenvalue weighted by atomic mass is 127. The molecule has 2 N–H and O–H groups in total. The molecule has 7 heteroatoms. The summed E-state index contributed by atoms with van der Waals surface area (Å²) < 4.78 is 1.17. The molecule has 1 aromatic heterocycles. The van der Waals surface area contributed by atoms with E-state index in [2.05, 4.69) is 38.2 Å². The van der Waals surface area contributed by atoms with Gasteiger partial charge in [-0.2, -0.15) is 0 Å². The number of carbonyl (C=O) groups excluding carboxylic acids is 1. The number of rotatable bonds is 3. The van der Waals surface area contributed by atoms with Gasteiger partial charge in [0.15, 0.2) is 5.13 Å². The van der Waals surface area contributed by atoms with Crippen LogP contribution in [-0.4, -0.2) is 11.0 Å². The second-order valence-corrected chi connectivity index (χ2v) is 7.17. The molecule has 0 saturated heterocycles. The molecule has 23 heavy (non-hydrogen) atoms. The quantitative estimate of drug-likeness (QED) is 0.497. The van der Waals surface area contributed by atoms with E-state index in [0.29, 0.717) is 15.8 Å². The molecule has 116 valence electrons. The van der Waals surface area contributed by atoms with Crippen LogP contribution in [0.5, 0.6) is 0 Å². The van der Waals surface area contributed by atoms with Crippen LogP contribution < -0.4 is 10.6 Å². The van der Waals surface area contributed by atoms with Crippen LogP contribution in [0, 0.1) is 3.57 Å². The Morgan fingerprint density at radius 2 is 1.74 bits per heavy atom. The number of aromatic nitrogens is 1. The maximum Gasteiger partial charge on any atom is 0.325 e. The second kappa shape index (κ2) is 7.29. The first-order valence-corrected chi connectivity index (χ1v) is 8.99. The first-order valence-electron chi connectivity index (χ1n) is 6.65. The summed E-state index contributed by atoms with van der Waals surface area (Å²) in [6.45, 7) is 0. The smallest absolute Gasteiger partial charge is 0.308 e. The molecule has 1 heterocycles. The van der Waals surface area contributed by atoms with Crippen molar-refractivity contribution in [2.24, 2.45) is 0 Å². The van der Waals surface area contributed by atoms with Crippen LogP contribution in [0.3, 0.4) is 0 Å². The highest BCUT2D eigenvalue weighted by Gasteiger charge is 2.08. The first-order chi connectivity index (χ1) is 11.1. The fourth-order valence-corrected chi connectivity index (χ4v) is 3.08. The molecule has 2 aromatic carbocycles. The third-order valence-corrected chi connectivity index (χ3v) is 4.70. The van der Waals surface area contributed by atoms with E-state index in [-0.39, 0.29) is 6.03 Å². The lowest BCUT2D eigenvalue weighted by molar-refractivity contribution is 0.262. The fourth-order valence-electron chi connectivity index (χ4n) is 1.88. The predicted molar refractivity (Wildman–Crippen MR) is 104 cm³/mol. The lowest BCUT2D eigenvalue weighted by Crippen LogP contribution is -2.19. The average molecular weight is 456 g/mol. The van der Waals surface area contributed by atoms with E-state index in [1.54, 1.807) is 24.3 Å². The number of hydrogen-bond acceptors (Lipinski definition) is 3. The molecule has 0 aliphatic carbocycles. The zero-order valence-corrected chi connectivity index (χ0v) is 15.4. The van der Waals surface area contributed by atoms with Crippen molar-refractivity contribution in [3.63, 3.8) is 0 Å². The topological polar surface area (TPSA) is 54.0 Å². The Morgan fingerprint density at radius 1 is 1.04 bits per heavy atom. The number of anilines is 2. The molecular weight excluding hydrogens is 445 g/mol. The van der Waals surface area contributed by atoms with Gasteiger partial charge < -0.3 is 5.32 Å². The molecule has 4 nitrogen and oxygen atoms in total. The number of urea groups is 1. The van der Waals surface area contributed by atoms with Gasteiger partial charge in [-0.3, -0.25) is 5.32 Å². The normalized spacial score (nSPS) is 10.3. The highest BCUT2D eigenvalue weighted by Crippen LogP contribution is 2.25. The van der Waals surface area contributed by atoms with Crippen molar-refractivity contribution in [2.75, 3.05) is 10.6 Å². The Hall–Kier alpha value is -1.64. The molecule has 0 radical (unpaired) electrons. The van der Waals surface area contributed by atoms with Gasteiger partial charge in [-0.05, 0) is 59.0 Å². The summed E-state index contributed by atoms with van der Waals surface area (Å²) in [5.74, 6) is 0. The van der Waals surface area contributed by atoms with E-state index in [1.165, 1.54) is 14.9 Å². The van der Waals surface area contributed by atoms with Crippen LogP contribution >= 0.6 is 45.5 Å². The minimum atomic E-state index is -0.337. The number of thiazole rings is 1. The number of nitrogens with one attached hydrogen (secondary N) is 2. The molecular formula is C16H11ClIN3OS. The van der Waals surface area contributed by atoms with Crippen LogP contribution in [0.2, 0.25) is 5.02 Å². The van der Waals surface area contributed by atoms with E-state index < -0.39 is 0 Å². The maximum absolute atomic E-state index is 12.0. The van der Waals surface area contributed by atoms with E-state index in [4.69, 9.17) is 11.6 Å². The first kappa shape index (κ1) is 16.2. The van der Waals surface area contributed by atoms with Crippen molar-refractivity contribution in [1.29, 1.82) is 0 Å². The Balaban J connectivity index is 1.65. The third-order valence-electron chi connectivity index (χ3n) is 2.97. The Morgan fingerprint density at radius 3 is 2.43 bits per heavy atom. The molecule has 0 atom stereocenters. The van der Waals surface area contributed by atoms with Crippen molar-refractivity contribution < 1.29 is 4.79 Å². The minimum Gasteiger partial charge on any atom is -0.308 e. The van der Waals surface area contributed by atoms with Gasteiger partial charge in [0.2, 0.25) is 0 Å². The minimum absolute atomic E-state index is 0.337. The molecule has 2 amide bonds. The zero-order valence-electron chi connectivity index (χ0n) is 11.7.